The third-order valence-corrected chi connectivity index (χ3v) is 9.26. The van der Waals surface area contributed by atoms with E-state index in [0.717, 1.165) is 31.1 Å². The molecule has 1 aromatic carbocycles. The molecule has 2 N–H and O–H groups in total. The number of unbranched alkanes of at least 4 members (excludes halogenated alkanes) is 7. The molecule has 0 aliphatic heterocycles. The summed E-state index contributed by atoms with van der Waals surface area (Å²) in [5.41, 5.74) is 3.05. The molecule has 0 saturated heterocycles. The quantitative estimate of drug-likeness (QED) is 0.416. The van der Waals surface area contributed by atoms with Gasteiger partial charge >= 0.3 is 0 Å². The third-order valence-electron chi connectivity index (χ3n) is 9.26. The van der Waals surface area contributed by atoms with Crippen molar-refractivity contribution in [3.8, 4) is 5.75 Å². The highest BCUT2D eigenvalue weighted by Crippen LogP contribution is 2.62. The zero-order valence-corrected chi connectivity index (χ0v) is 19.4. The predicted molar refractivity (Wildman–Crippen MR) is 125 cm³/mol. The summed E-state index contributed by atoms with van der Waals surface area (Å²) in [5, 5.41) is 20.9. The molecule has 3 unspecified atom stereocenters. The fourth-order valence-corrected chi connectivity index (χ4v) is 7.57. The van der Waals surface area contributed by atoms with Crippen LogP contribution in [0.3, 0.4) is 0 Å². The van der Waals surface area contributed by atoms with Gasteiger partial charge in [-0.2, -0.15) is 0 Å². The van der Waals surface area contributed by atoms with Crippen LogP contribution < -0.4 is 0 Å². The van der Waals surface area contributed by atoms with Crippen LogP contribution in [-0.2, 0) is 6.42 Å². The second kappa shape index (κ2) is 9.63. The minimum atomic E-state index is -0.103. The van der Waals surface area contributed by atoms with E-state index in [2.05, 4.69) is 19.9 Å². The van der Waals surface area contributed by atoms with Crippen molar-refractivity contribution in [2.75, 3.05) is 0 Å². The van der Waals surface area contributed by atoms with Crippen LogP contribution in [0.2, 0.25) is 0 Å². The van der Waals surface area contributed by atoms with Gasteiger partial charge in [0.05, 0.1) is 6.10 Å². The lowest BCUT2D eigenvalue weighted by Gasteiger charge is -2.53. The molecule has 2 nitrogen and oxygen atoms in total. The molecule has 0 bridgehead atoms. The van der Waals surface area contributed by atoms with Crippen molar-refractivity contribution in [1.29, 1.82) is 0 Å². The first kappa shape index (κ1) is 22.2. The average Bonchev–Trinajstić information content (AvgIpc) is 3.04. The average molecular weight is 413 g/mol. The first-order chi connectivity index (χ1) is 14.5. The molecule has 30 heavy (non-hydrogen) atoms. The lowest BCUT2D eigenvalue weighted by atomic mass is 9.52. The SMILES string of the molecule is CCCCCCCCCC[C@@H]1Cc2cc(O)ccc2C2CC[C@@]3(C)C(CC[C@@H]3O)C21. The van der Waals surface area contributed by atoms with Gasteiger partial charge in [0.15, 0.2) is 0 Å². The Kier molecular flexibility index (Phi) is 7.12. The van der Waals surface area contributed by atoms with E-state index in [4.69, 9.17) is 0 Å². The first-order valence-corrected chi connectivity index (χ1v) is 13.0. The fraction of sp³-hybridized carbons (Fsp3) is 0.786. The molecule has 2 heteroatoms. The molecule has 0 spiro atoms. The minimum absolute atomic E-state index is 0.103. The maximum atomic E-state index is 10.8. The Bertz CT molecular complexity index is 698. The molecule has 6 atom stereocenters. The molecule has 3 aliphatic carbocycles. The molecule has 1 aromatic rings. The summed E-state index contributed by atoms with van der Waals surface area (Å²) in [7, 11) is 0. The van der Waals surface area contributed by atoms with Gasteiger partial charge in [-0.15, -0.1) is 0 Å². The van der Waals surface area contributed by atoms with Crippen LogP contribution >= 0.6 is 0 Å². The van der Waals surface area contributed by atoms with Gasteiger partial charge in [-0.3, -0.25) is 0 Å². The monoisotopic (exact) mass is 412 g/mol. The van der Waals surface area contributed by atoms with Crippen LogP contribution in [0.15, 0.2) is 18.2 Å². The van der Waals surface area contributed by atoms with Gasteiger partial charge in [0.1, 0.15) is 5.75 Å². The molecule has 0 heterocycles. The number of aliphatic hydroxyl groups is 1. The zero-order valence-electron chi connectivity index (χ0n) is 19.4. The van der Waals surface area contributed by atoms with Crippen molar-refractivity contribution in [3.05, 3.63) is 29.3 Å². The van der Waals surface area contributed by atoms with Crippen molar-refractivity contribution in [2.24, 2.45) is 23.2 Å². The standard InChI is InChI=1S/C28H44O2/c1-3-4-5-6-7-8-9-10-11-20-18-21-19-22(29)12-13-23(21)24-16-17-28(2)25(27(20)24)14-15-26(28)30/h12-13,19-20,24-27,29-30H,3-11,14-18H2,1-2H3/t20-,24?,25?,26+,27?,28+/m1/s1. The van der Waals surface area contributed by atoms with Crippen LogP contribution in [0.1, 0.15) is 114 Å². The number of phenols is 1. The maximum Gasteiger partial charge on any atom is 0.115 e. The Balaban J connectivity index is 1.43. The van der Waals surface area contributed by atoms with Gasteiger partial charge in [0.25, 0.3) is 0 Å². The molecule has 2 fully saturated rings. The van der Waals surface area contributed by atoms with Crippen LogP contribution in [0.4, 0.5) is 0 Å². The van der Waals surface area contributed by atoms with Gasteiger partial charge in [-0.05, 0) is 90.9 Å². The van der Waals surface area contributed by atoms with Gasteiger partial charge in [0, 0.05) is 0 Å². The zero-order chi connectivity index (χ0) is 21.1. The summed E-state index contributed by atoms with van der Waals surface area (Å²) in [4.78, 5) is 0. The van der Waals surface area contributed by atoms with Gasteiger partial charge in [-0.25, -0.2) is 0 Å². The van der Waals surface area contributed by atoms with E-state index in [1.807, 2.05) is 12.1 Å². The molecule has 0 amide bonds. The van der Waals surface area contributed by atoms with Crippen molar-refractivity contribution < 1.29 is 10.2 Å². The molecule has 2 saturated carbocycles. The number of phenolic OH excluding ortho intramolecular Hbond substituents is 1. The summed E-state index contributed by atoms with van der Waals surface area (Å²) in [6.07, 6.45) is 18.0. The van der Waals surface area contributed by atoms with Gasteiger partial charge in [-0.1, -0.05) is 71.3 Å². The van der Waals surface area contributed by atoms with E-state index >= 15 is 0 Å². The van der Waals surface area contributed by atoms with Crippen LogP contribution in [-0.4, -0.2) is 16.3 Å². The van der Waals surface area contributed by atoms with Gasteiger partial charge in [0.2, 0.25) is 0 Å². The van der Waals surface area contributed by atoms with E-state index in [-0.39, 0.29) is 11.5 Å². The van der Waals surface area contributed by atoms with Crippen LogP contribution in [0.25, 0.3) is 0 Å². The number of aliphatic hydroxyl groups excluding tert-OH is 1. The van der Waals surface area contributed by atoms with E-state index in [0.29, 0.717) is 17.6 Å². The summed E-state index contributed by atoms with van der Waals surface area (Å²) < 4.78 is 0. The topological polar surface area (TPSA) is 40.5 Å². The van der Waals surface area contributed by atoms with Crippen LogP contribution in [0.5, 0.6) is 5.75 Å². The number of aromatic hydroxyl groups is 1. The highest BCUT2D eigenvalue weighted by molar-refractivity contribution is 5.40. The largest absolute Gasteiger partial charge is 0.508 e. The second-order valence-corrected chi connectivity index (χ2v) is 11.0. The third kappa shape index (κ3) is 4.31. The number of fused-ring (bicyclic) bond motifs is 5. The first-order valence-electron chi connectivity index (χ1n) is 13.0. The predicted octanol–water partition coefficient (Wildman–Crippen LogP) is 7.37. The van der Waals surface area contributed by atoms with Gasteiger partial charge < -0.3 is 10.2 Å². The van der Waals surface area contributed by atoms with Crippen molar-refractivity contribution in [3.63, 3.8) is 0 Å². The highest BCUT2D eigenvalue weighted by atomic mass is 16.3. The van der Waals surface area contributed by atoms with E-state index < -0.39 is 0 Å². The molecular formula is C28H44O2. The Hall–Kier alpha value is -1.02. The van der Waals surface area contributed by atoms with E-state index in [1.165, 1.54) is 81.8 Å². The Morgan fingerprint density at radius 2 is 1.70 bits per heavy atom. The highest BCUT2D eigenvalue weighted by Gasteiger charge is 2.56. The number of hydrogen-bond donors (Lipinski definition) is 2. The van der Waals surface area contributed by atoms with Crippen molar-refractivity contribution in [2.45, 2.75) is 116 Å². The fourth-order valence-electron chi connectivity index (χ4n) is 7.57. The molecule has 0 aromatic heterocycles. The summed E-state index contributed by atoms with van der Waals surface area (Å²) in [5.74, 6) is 3.18. The van der Waals surface area contributed by atoms with Crippen LogP contribution in [0, 0.1) is 23.2 Å². The summed E-state index contributed by atoms with van der Waals surface area (Å²) >= 11 is 0. The second-order valence-electron chi connectivity index (χ2n) is 11.0. The number of benzene rings is 1. The lowest BCUT2D eigenvalue weighted by molar-refractivity contribution is -0.0396. The number of hydrogen-bond acceptors (Lipinski definition) is 2. The normalized spacial score (nSPS) is 35.0. The molecule has 168 valence electrons. The molecule has 0 radical (unpaired) electrons. The molecular weight excluding hydrogens is 368 g/mol. The Morgan fingerprint density at radius 3 is 2.47 bits per heavy atom. The smallest absolute Gasteiger partial charge is 0.115 e. The van der Waals surface area contributed by atoms with Crippen molar-refractivity contribution in [1.82, 2.24) is 0 Å². The Labute approximate surface area is 184 Å². The van der Waals surface area contributed by atoms with Crippen molar-refractivity contribution >= 4 is 0 Å². The maximum absolute atomic E-state index is 10.8. The Morgan fingerprint density at radius 1 is 0.967 bits per heavy atom. The van der Waals surface area contributed by atoms with E-state index in [1.54, 1.807) is 0 Å². The summed E-state index contributed by atoms with van der Waals surface area (Å²) in [6.45, 7) is 4.67. The lowest BCUT2D eigenvalue weighted by Crippen LogP contribution is -2.47. The molecule has 3 aliphatic rings. The van der Waals surface area contributed by atoms with E-state index in [9.17, 15) is 10.2 Å². The number of rotatable bonds is 9. The summed E-state index contributed by atoms with van der Waals surface area (Å²) in [6, 6.07) is 6.15. The molecule has 4 rings (SSSR count). The minimum Gasteiger partial charge on any atom is -0.508 e.